The van der Waals surface area contributed by atoms with Gasteiger partial charge in [0.15, 0.2) is 11.5 Å². The molecule has 0 fully saturated rings. The second-order valence-corrected chi connectivity index (χ2v) is 7.49. The van der Waals surface area contributed by atoms with E-state index in [0.717, 1.165) is 14.0 Å². The maximum absolute atomic E-state index is 13.3. The SMILES string of the molecule is COc1c(O)c2c3c(c(O)cc(C)c3c1O)C(=O)C(O)(C(C)(C)C(C)=O)C2=O. The van der Waals surface area contributed by atoms with Gasteiger partial charge in [-0.05, 0) is 39.3 Å². The highest BCUT2D eigenvalue weighted by molar-refractivity contribution is 6.37. The lowest BCUT2D eigenvalue weighted by Crippen LogP contribution is -2.61. The Morgan fingerprint density at radius 1 is 1.04 bits per heavy atom. The third-order valence-electron chi connectivity index (χ3n) is 5.76. The third-order valence-corrected chi connectivity index (χ3v) is 5.76. The van der Waals surface area contributed by atoms with Crippen LogP contribution in [0.25, 0.3) is 10.8 Å². The van der Waals surface area contributed by atoms with Crippen LogP contribution in [0.3, 0.4) is 0 Å². The van der Waals surface area contributed by atoms with Crippen molar-refractivity contribution in [1.29, 1.82) is 0 Å². The molecule has 0 saturated heterocycles. The van der Waals surface area contributed by atoms with Crippen molar-refractivity contribution in [2.45, 2.75) is 33.3 Å². The van der Waals surface area contributed by atoms with Crippen molar-refractivity contribution in [2.24, 2.45) is 5.41 Å². The largest absolute Gasteiger partial charge is 0.507 e. The van der Waals surface area contributed by atoms with Gasteiger partial charge in [-0.25, -0.2) is 0 Å². The van der Waals surface area contributed by atoms with E-state index in [9.17, 15) is 34.8 Å². The van der Waals surface area contributed by atoms with Crippen LogP contribution in [-0.4, -0.2) is 50.5 Å². The van der Waals surface area contributed by atoms with Crippen LogP contribution in [0.2, 0.25) is 0 Å². The number of rotatable bonds is 3. The number of phenols is 3. The summed E-state index contributed by atoms with van der Waals surface area (Å²) >= 11 is 0. The number of hydrogen-bond donors (Lipinski definition) is 4. The summed E-state index contributed by atoms with van der Waals surface area (Å²) in [7, 11) is 1.16. The monoisotopic (exact) mass is 388 g/mol. The lowest BCUT2D eigenvalue weighted by atomic mass is 9.62. The first-order valence-corrected chi connectivity index (χ1v) is 8.45. The highest BCUT2D eigenvalue weighted by Crippen LogP contribution is 2.54. The topological polar surface area (TPSA) is 141 Å². The fraction of sp³-hybridized carbons (Fsp3) is 0.350. The standard InChI is InChI=1S/C20H20O8/c1-7-6-9(22)11-12-10(7)14(23)16(28-5)15(24)13(12)18(26)20(27,17(11)25)19(3,4)8(2)21/h6,22-24,27H,1-5H3. The number of hydrogen-bond acceptors (Lipinski definition) is 8. The minimum Gasteiger partial charge on any atom is -0.507 e. The Bertz CT molecular complexity index is 1100. The quantitative estimate of drug-likeness (QED) is 0.585. The first kappa shape index (κ1) is 19.6. The Hall–Kier alpha value is -3.13. The molecule has 1 unspecified atom stereocenters. The van der Waals surface area contributed by atoms with E-state index in [0.29, 0.717) is 5.56 Å². The molecule has 0 radical (unpaired) electrons. The fourth-order valence-corrected chi connectivity index (χ4v) is 3.74. The molecule has 0 aliphatic heterocycles. The van der Waals surface area contributed by atoms with E-state index in [1.165, 1.54) is 26.8 Å². The Labute approximate surface area is 160 Å². The van der Waals surface area contributed by atoms with Crippen LogP contribution in [0, 0.1) is 12.3 Å². The van der Waals surface area contributed by atoms with Crippen LogP contribution in [0.5, 0.6) is 23.0 Å². The number of aryl methyl sites for hydroxylation is 1. The zero-order chi connectivity index (χ0) is 21.3. The summed E-state index contributed by atoms with van der Waals surface area (Å²) < 4.78 is 5.00. The molecule has 148 valence electrons. The summed E-state index contributed by atoms with van der Waals surface area (Å²) in [6.07, 6.45) is 0. The molecule has 0 aromatic heterocycles. The van der Waals surface area contributed by atoms with Crippen molar-refractivity contribution < 1.29 is 39.5 Å². The molecule has 0 spiro atoms. The van der Waals surface area contributed by atoms with Crippen molar-refractivity contribution in [2.75, 3.05) is 7.11 Å². The van der Waals surface area contributed by atoms with Gasteiger partial charge in [0, 0.05) is 10.8 Å². The Kier molecular flexibility index (Phi) is 3.98. The van der Waals surface area contributed by atoms with Gasteiger partial charge in [-0.2, -0.15) is 0 Å². The lowest BCUT2D eigenvalue weighted by molar-refractivity contribution is -0.133. The average Bonchev–Trinajstić information content (AvgIpc) is 2.59. The van der Waals surface area contributed by atoms with Crippen LogP contribution >= 0.6 is 0 Å². The van der Waals surface area contributed by atoms with Crippen LogP contribution in [-0.2, 0) is 4.79 Å². The molecule has 3 rings (SSSR count). The molecule has 0 bridgehead atoms. The van der Waals surface area contributed by atoms with Crippen molar-refractivity contribution >= 4 is 28.1 Å². The van der Waals surface area contributed by atoms with Gasteiger partial charge in [0.1, 0.15) is 11.5 Å². The number of benzene rings is 2. The maximum Gasteiger partial charge on any atom is 0.207 e. The first-order chi connectivity index (χ1) is 12.8. The number of ether oxygens (including phenoxy) is 1. The number of methoxy groups -OCH3 is 1. The van der Waals surface area contributed by atoms with Crippen LogP contribution in [0.4, 0.5) is 0 Å². The molecular formula is C20H20O8. The summed E-state index contributed by atoms with van der Waals surface area (Å²) in [6.45, 7) is 5.10. The summed E-state index contributed by atoms with van der Waals surface area (Å²) in [5, 5.41) is 42.6. The van der Waals surface area contributed by atoms with Gasteiger partial charge in [0.05, 0.1) is 23.7 Å². The number of Topliss-reactive ketones (excluding diaryl/α,β-unsaturated/α-hetero) is 3. The van der Waals surface area contributed by atoms with E-state index < -0.39 is 62.5 Å². The third kappa shape index (κ3) is 2.00. The average molecular weight is 388 g/mol. The lowest BCUT2D eigenvalue weighted by Gasteiger charge is -2.41. The van der Waals surface area contributed by atoms with Gasteiger partial charge in [0.2, 0.25) is 22.9 Å². The minimum absolute atomic E-state index is 0.0156. The van der Waals surface area contributed by atoms with E-state index in [1.807, 2.05) is 0 Å². The molecule has 8 nitrogen and oxygen atoms in total. The van der Waals surface area contributed by atoms with Gasteiger partial charge in [-0.3, -0.25) is 14.4 Å². The predicted octanol–water partition coefficient (Wildman–Crippen LogP) is 2.00. The maximum atomic E-state index is 13.3. The highest BCUT2D eigenvalue weighted by Gasteiger charge is 2.62. The van der Waals surface area contributed by atoms with Gasteiger partial charge >= 0.3 is 0 Å². The zero-order valence-corrected chi connectivity index (χ0v) is 16.0. The second kappa shape index (κ2) is 5.68. The summed E-state index contributed by atoms with van der Waals surface area (Å²) in [5.74, 6) is -5.33. The van der Waals surface area contributed by atoms with E-state index >= 15 is 0 Å². The first-order valence-electron chi connectivity index (χ1n) is 8.45. The van der Waals surface area contributed by atoms with Crippen molar-refractivity contribution in [1.82, 2.24) is 0 Å². The molecular weight excluding hydrogens is 368 g/mol. The number of carbonyl (C=O) groups excluding carboxylic acids is 3. The van der Waals surface area contributed by atoms with Crippen LogP contribution in [0.15, 0.2) is 6.07 Å². The van der Waals surface area contributed by atoms with Gasteiger partial charge in [-0.1, -0.05) is 0 Å². The fourth-order valence-electron chi connectivity index (χ4n) is 3.74. The van der Waals surface area contributed by atoms with Gasteiger partial charge in [-0.15, -0.1) is 0 Å². The Balaban J connectivity index is 2.63. The number of phenolic OH excluding ortho intramolecular Hbond substituents is 3. The second-order valence-electron chi connectivity index (χ2n) is 7.49. The molecule has 1 aliphatic carbocycles. The van der Waals surface area contributed by atoms with Crippen molar-refractivity contribution in [3.8, 4) is 23.0 Å². The molecule has 0 amide bonds. The summed E-state index contributed by atoms with van der Waals surface area (Å²) in [6, 6.07) is 1.19. The van der Waals surface area contributed by atoms with E-state index in [2.05, 4.69) is 0 Å². The molecule has 1 aliphatic rings. The number of aromatic hydroxyl groups is 3. The zero-order valence-electron chi connectivity index (χ0n) is 16.0. The van der Waals surface area contributed by atoms with Crippen molar-refractivity contribution in [3.63, 3.8) is 0 Å². The molecule has 4 N–H and O–H groups in total. The van der Waals surface area contributed by atoms with E-state index in [4.69, 9.17) is 4.74 Å². The summed E-state index contributed by atoms with van der Waals surface area (Å²) in [4.78, 5) is 38.7. The Morgan fingerprint density at radius 2 is 1.57 bits per heavy atom. The normalized spacial score (nSPS) is 19.2. The molecule has 0 saturated carbocycles. The van der Waals surface area contributed by atoms with E-state index in [1.54, 1.807) is 0 Å². The number of aliphatic hydroxyl groups is 1. The molecule has 2 aromatic rings. The smallest absolute Gasteiger partial charge is 0.207 e. The van der Waals surface area contributed by atoms with Gasteiger partial charge in [0.25, 0.3) is 0 Å². The number of carbonyl (C=O) groups is 3. The van der Waals surface area contributed by atoms with E-state index in [-0.39, 0.29) is 10.8 Å². The molecule has 0 heterocycles. The predicted molar refractivity (Wildman–Crippen MR) is 98.3 cm³/mol. The molecule has 2 aromatic carbocycles. The molecule has 8 heteroatoms. The number of ketones is 3. The van der Waals surface area contributed by atoms with Gasteiger partial charge < -0.3 is 25.2 Å². The molecule has 1 atom stereocenters. The highest BCUT2D eigenvalue weighted by atomic mass is 16.5. The van der Waals surface area contributed by atoms with Crippen LogP contribution in [0.1, 0.15) is 47.1 Å². The Morgan fingerprint density at radius 3 is 2.07 bits per heavy atom. The molecule has 28 heavy (non-hydrogen) atoms. The summed E-state index contributed by atoms with van der Waals surface area (Å²) in [5.41, 5.74) is -5.38. The van der Waals surface area contributed by atoms with Crippen molar-refractivity contribution in [3.05, 3.63) is 22.8 Å². The minimum atomic E-state index is -2.87. The van der Waals surface area contributed by atoms with Crippen LogP contribution < -0.4 is 4.74 Å².